The van der Waals surface area contributed by atoms with Gasteiger partial charge in [-0.25, -0.2) is 0 Å². The number of aliphatic imine (C=N–C) groups is 4. The summed E-state index contributed by atoms with van der Waals surface area (Å²) in [6.07, 6.45) is 0. The average Bonchev–Trinajstić information content (AvgIpc) is 3.69. The molecule has 0 saturated carbocycles. The van der Waals surface area contributed by atoms with Gasteiger partial charge in [0.2, 0.25) is 0 Å². The Bertz CT molecular complexity index is 1050. The van der Waals surface area contributed by atoms with Crippen LogP contribution in [0, 0.1) is 0 Å². The number of benzene rings is 2. The number of hydrazine groups is 1. The fourth-order valence-electron chi connectivity index (χ4n) is 4.46. The molecule has 2 aromatic rings. The van der Waals surface area contributed by atoms with Crippen LogP contribution in [0.5, 0.6) is 0 Å². The monoisotopic (exact) mass is 456 g/mol. The van der Waals surface area contributed by atoms with Crippen molar-refractivity contribution in [2.45, 2.75) is 0 Å². The average molecular weight is 457 g/mol. The summed E-state index contributed by atoms with van der Waals surface area (Å²) in [6.45, 7) is 6.65. The van der Waals surface area contributed by atoms with Crippen molar-refractivity contribution in [3.8, 4) is 0 Å². The maximum Gasteiger partial charge on any atom is 0.128 e. The highest BCUT2D eigenvalue weighted by Crippen LogP contribution is 2.21. The number of hydrogen-bond acceptors (Lipinski definition) is 10. The van der Waals surface area contributed by atoms with E-state index in [0.29, 0.717) is 0 Å². The first-order valence-corrected chi connectivity index (χ1v) is 11.8. The van der Waals surface area contributed by atoms with Gasteiger partial charge in [-0.05, 0) is 36.4 Å². The lowest BCUT2D eigenvalue weighted by Gasteiger charge is -2.16. The summed E-state index contributed by atoms with van der Waals surface area (Å²) in [6, 6.07) is 12.6. The Labute approximate surface area is 198 Å². The molecule has 0 bridgehead atoms. The van der Waals surface area contributed by atoms with Gasteiger partial charge in [-0.3, -0.25) is 20.0 Å². The van der Waals surface area contributed by atoms with Gasteiger partial charge in [0.05, 0.1) is 37.6 Å². The lowest BCUT2D eigenvalue weighted by Crippen LogP contribution is -2.24. The molecule has 2 aromatic carbocycles. The summed E-state index contributed by atoms with van der Waals surface area (Å²) in [7, 11) is 0. The highest BCUT2D eigenvalue weighted by molar-refractivity contribution is 6.07. The number of rotatable bonds is 7. The Morgan fingerprint density at radius 3 is 0.971 bits per heavy atom. The molecule has 4 aliphatic heterocycles. The second kappa shape index (κ2) is 9.05. The van der Waals surface area contributed by atoms with Crippen molar-refractivity contribution in [3.63, 3.8) is 0 Å². The molecule has 0 spiro atoms. The van der Waals surface area contributed by atoms with Gasteiger partial charge in [-0.15, -0.1) is 0 Å². The van der Waals surface area contributed by atoms with Gasteiger partial charge < -0.3 is 32.1 Å². The summed E-state index contributed by atoms with van der Waals surface area (Å²) in [5, 5.41) is 13.5. The van der Waals surface area contributed by atoms with E-state index in [4.69, 9.17) is 0 Å². The maximum atomic E-state index is 4.60. The first-order valence-electron chi connectivity index (χ1n) is 11.8. The van der Waals surface area contributed by atoms with E-state index in [2.05, 4.69) is 88.5 Å². The zero-order valence-electron chi connectivity index (χ0n) is 18.9. The van der Waals surface area contributed by atoms with Crippen LogP contribution in [0.4, 0.5) is 11.4 Å². The number of nitrogens with one attached hydrogen (secondary N) is 6. The van der Waals surface area contributed by atoms with Crippen LogP contribution in [0.15, 0.2) is 56.4 Å². The smallest absolute Gasteiger partial charge is 0.128 e. The third kappa shape index (κ3) is 4.26. The van der Waals surface area contributed by atoms with E-state index < -0.39 is 0 Å². The summed E-state index contributed by atoms with van der Waals surface area (Å²) >= 11 is 0. The van der Waals surface area contributed by atoms with Crippen molar-refractivity contribution in [2.24, 2.45) is 20.0 Å². The van der Waals surface area contributed by atoms with Gasteiger partial charge in [0.15, 0.2) is 0 Å². The van der Waals surface area contributed by atoms with Crippen LogP contribution in [0.3, 0.4) is 0 Å². The zero-order chi connectivity index (χ0) is 22.7. The number of nitrogens with zero attached hydrogens (tertiary/aromatic N) is 4. The lowest BCUT2D eigenvalue weighted by molar-refractivity contribution is 0.959. The summed E-state index contributed by atoms with van der Waals surface area (Å²) in [4.78, 5) is 18.4. The Morgan fingerprint density at radius 2 is 0.735 bits per heavy atom. The van der Waals surface area contributed by atoms with Crippen LogP contribution in [0.2, 0.25) is 0 Å². The topological polar surface area (TPSA) is 122 Å². The van der Waals surface area contributed by atoms with Crippen LogP contribution < -0.4 is 32.1 Å². The standard InChI is InChI=1S/C24H28N10/c1-2-26-21(25-1)15-9-16(22-27-3-4-28-22)12-19(11-15)33-34-20-13-17(23-29-5-6-30-23)10-18(14-20)24-31-7-8-32-24/h9-14,33-34H,1-8H2,(H,25,26)(H,27,28)(H,29,30)(H,31,32). The predicted molar refractivity (Wildman–Crippen MR) is 138 cm³/mol. The third-order valence-corrected chi connectivity index (χ3v) is 6.01. The minimum Gasteiger partial charge on any atom is -0.368 e. The third-order valence-electron chi connectivity index (χ3n) is 6.01. The SMILES string of the molecule is c1c(NNc2cc(C3=NCCN3)cc(C3=NCCN3)c2)cc(C2=NCCN2)cc1C1=NCCN1. The van der Waals surface area contributed by atoms with Crippen LogP contribution >= 0.6 is 0 Å². The molecule has 0 aliphatic carbocycles. The molecule has 0 atom stereocenters. The van der Waals surface area contributed by atoms with Gasteiger partial charge in [-0.2, -0.15) is 0 Å². The summed E-state index contributed by atoms with van der Waals surface area (Å²) in [5.74, 6) is 3.68. The molecule has 0 aromatic heterocycles. The van der Waals surface area contributed by atoms with E-state index in [1.54, 1.807) is 0 Å². The molecule has 6 N–H and O–H groups in total. The van der Waals surface area contributed by atoms with E-state index in [1.807, 2.05) is 0 Å². The molecule has 174 valence electrons. The van der Waals surface area contributed by atoms with Crippen molar-refractivity contribution >= 4 is 34.7 Å². The van der Waals surface area contributed by atoms with Crippen molar-refractivity contribution < 1.29 is 0 Å². The van der Waals surface area contributed by atoms with Crippen LogP contribution in [-0.2, 0) is 0 Å². The van der Waals surface area contributed by atoms with E-state index in [9.17, 15) is 0 Å². The number of hydrogen-bond donors (Lipinski definition) is 6. The van der Waals surface area contributed by atoms with Gasteiger partial charge in [0, 0.05) is 48.4 Å². The molecule has 0 fully saturated rings. The second-order valence-electron chi connectivity index (χ2n) is 8.48. The van der Waals surface area contributed by atoms with E-state index >= 15 is 0 Å². The minimum atomic E-state index is 0.797. The molecule has 10 nitrogen and oxygen atoms in total. The normalized spacial score (nSPS) is 18.7. The molecule has 0 radical (unpaired) electrons. The maximum absolute atomic E-state index is 4.60. The Kier molecular flexibility index (Phi) is 5.46. The molecule has 0 amide bonds. The van der Waals surface area contributed by atoms with Crippen molar-refractivity contribution in [1.82, 2.24) is 21.3 Å². The van der Waals surface area contributed by atoms with Crippen molar-refractivity contribution in [1.29, 1.82) is 0 Å². The van der Waals surface area contributed by atoms with Crippen LogP contribution in [0.1, 0.15) is 22.3 Å². The van der Waals surface area contributed by atoms with E-state index in [1.165, 1.54) is 0 Å². The summed E-state index contributed by atoms with van der Waals surface area (Å²) in [5.41, 5.74) is 12.8. The Hall–Kier alpha value is -4.08. The van der Waals surface area contributed by atoms with Gasteiger partial charge in [0.1, 0.15) is 23.3 Å². The number of anilines is 2. The largest absolute Gasteiger partial charge is 0.368 e. The lowest BCUT2D eigenvalue weighted by atomic mass is 10.1. The van der Waals surface area contributed by atoms with E-state index in [0.717, 1.165) is 109 Å². The molecule has 6 rings (SSSR count). The first kappa shape index (κ1) is 20.5. The fraction of sp³-hybridized carbons (Fsp3) is 0.333. The molecule has 34 heavy (non-hydrogen) atoms. The summed E-state index contributed by atoms with van der Waals surface area (Å²) < 4.78 is 0. The molecule has 4 heterocycles. The van der Waals surface area contributed by atoms with Crippen LogP contribution in [0.25, 0.3) is 0 Å². The van der Waals surface area contributed by atoms with Gasteiger partial charge in [0.25, 0.3) is 0 Å². The highest BCUT2D eigenvalue weighted by Gasteiger charge is 2.17. The fourth-order valence-corrected chi connectivity index (χ4v) is 4.46. The van der Waals surface area contributed by atoms with Gasteiger partial charge >= 0.3 is 0 Å². The van der Waals surface area contributed by atoms with E-state index in [-0.39, 0.29) is 0 Å². The van der Waals surface area contributed by atoms with Crippen LogP contribution in [-0.4, -0.2) is 75.7 Å². The molecule has 10 heteroatoms. The molecular weight excluding hydrogens is 428 g/mol. The molecule has 4 aliphatic rings. The zero-order valence-corrected chi connectivity index (χ0v) is 18.9. The quantitative estimate of drug-likeness (QED) is 0.338. The second-order valence-corrected chi connectivity index (χ2v) is 8.48. The Morgan fingerprint density at radius 1 is 0.441 bits per heavy atom. The predicted octanol–water partition coefficient (Wildman–Crippen LogP) is 0.525. The van der Waals surface area contributed by atoms with Gasteiger partial charge in [-0.1, -0.05) is 0 Å². The van der Waals surface area contributed by atoms with Crippen molar-refractivity contribution in [3.05, 3.63) is 58.7 Å². The minimum absolute atomic E-state index is 0.797. The number of amidine groups is 4. The molecular formula is C24H28N10. The van der Waals surface area contributed by atoms with Crippen molar-refractivity contribution in [2.75, 3.05) is 63.2 Å². The molecule has 0 saturated heterocycles. The Balaban J connectivity index is 1.30. The highest BCUT2D eigenvalue weighted by atomic mass is 15.4. The molecule has 0 unspecified atom stereocenters. The first-order chi connectivity index (χ1) is 16.8.